The summed E-state index contributed by atoms with van der Waals surface area (Å²) in [4.78, 5) is 15.5. The summed E-state index contributed by atoms with van der Waals surface area (Å²) in [5.74, 6) is 0. The van der Waals surface area contributed by atoms with Gasteiger partial charge in [-0.1, -0.05) is 5.11 Å². The number of hydrogen-bond donors (Lipinski definition) is 0. The minimum absolute atomic E-state index is 0.366. The molecule has 6 heteroatoms. The van der Waals surface area contributed by atoms with Gasteiger partial charge in [0.2, 0.25) is 0 Å². The maximum Gasteiger partial charge on any atom is 0.410 e. The van der Waals surface area contributed by atoms with Gasteiger partial charge < -0.3 is 4.74 Å². The van der Waals surface area contributed by atoms with E-state index in [1.807, 2.05) is 0 Å². The van der Waals surface area contributed by atoms with Gasteiger partial charge in [-0.15, -0.1) is 0 Å². The number of rotatable bonds is 1. The fourth-order valence-electron chi connectivity index (χ4n) is 1.09. The average Bonchev–Trinajstić information content (AvgIpc) is 1.93. The molecule has 1 heterocycles. The van der Waals surface area contributed by atoms with Crippen molar-refractivity contribution < 1.29 is 9.53 Å². The molecule has 6 nitrogen and oxygen atoms in total. The molecule has 1 aliphatic rings. The fraction of sp³-hybridized carbons (Fsp3) is 0.875. The van der Waals surface area contributed by atoms with Gasteiger partial charge >= 0.3 is 6.09 Å². The summed E-state index contributed by atoms with van der Waals surface area (Å²) >= 11 is 0. The smallest absolute Gasteiger partial charge is 0.410 e. The van der Waals surface area contributed by atoms with Crippen molar-refractivity contribution in [3.63, 3.8) is 0 Å². The third kappa shape index (κ3) is 2.53. The van der Waals surface area contributed by atoms with E-state index in [2.05, 4.69) is 10.0 Å². The van der Waals surface area contributed by atoms with Gasteiger partial charge in [-0.05, 0) is 32.7 Å². The molecule has 78 valence electrons. The molecule has 0 bridgehead atoms. The van der Waals surface area contributed by atoms with Crippen molar-refractivity contribution in [2.45, 2.75) is 39.0 Å². The van der Waals surface area contributed by atoms with Crippen LogP contribution in [0.5, 0.6) is 0 Å². The number of likely N-dealkylation sites (tertiary alicyclic amines) is 1. The summed E-state index contributed by atoms with van der Waals surface area (Å²) in [5.41, 5.74) is 7.71. The van der Waals surface area contributed by atoms with Crippen molar-refractivity contribution in [1.82, 2.24) is 4.90 Å². The molecule has 1 fully saturated rings. The predicted octanol–water partition coefficient (Wildman–Crippen LogP) is 2.26. The molecular weight excluding hydrogens is 184 g/mol. The van der Waals surface area contributed by atoms with Crippen LogP contribution in [-0.2, 0) is 4.74 Å². The molecule has 0 N–H and O–H groups in total. The lowest BCUT2D eigenvalue weighted by molar-refractivity contribution is -0.00380. The molecule has 0 unspecified atom stereocenters. The van der Waals surface area contributed by atoms with E-state index in [1.165, 1.54) is 4.90 Å². The Kier molecular flexibility index (Phi) is 2.86. The molecule has 0 spiro atoms. The second-order valence-electron chi connectivity index (χ2n) is 4.15. The van der Waals surface area contributed by atoms with Gasteiger partial charge in [0.05, 0.1) is 0 Å². The Morgan fingerprint density at radius 3 is 2.64 bits per heavy atom. The van der Waals surface area contributed by atoms with Gasteiger partial charge in [-0.3, -0.25) is 4.90 Å². The number of nitrogens with zero attached hydrogens (tertiary/aromatic N) is 4. The lowest BCUT2D eigenvalue weighted by atomic mass is 10.1. The van der Waals surface area contributed by atoms with Crippen LogP contribution in [0.3, 0.4) is 0 Å². The van der Waals surface area contributed by atoms with Gasteiger partial charge in [0, 0.05) is 11.5 Å². The third-order valence-corrected chi connectivity index (χ3v) is 1.80. The van der Waals surface area contributed by atoms with E-state index in [1.54, 1.807) is 20.8 Å². The van der Waals surface area contributed by atoms with Gasteiger partial charge in [-0.25, -0.2) is 4.79 Å². The summed E-state index contributed by atoms with van der Waals surface area (Å²) in [6.07, 6.45) is -0.0699. The van der Waals surface area contributed by atoms with Crippen molar-refractivity contribution in [1.29, 1.82) is 0 Å². The highest BCUT2D eigenvalue weighted by atomic mass is 16.6. The first-order valence-corrected chi connectivity index (χ1v) is 4.48. The molecule has 1 saturated heterocycles. The number of hydrogen-bond acceptors (Lipinski definition) is 3. The predicted molar refractivity (Wildman–Crippen MR) is 50.5 cm³/mol. The highest BCUT2D eigenvalue weighted by Crippen LogP contribution is 2.21. The Morgan fingerprint density at radius 1 is 1.64 bits per heavy atom. The molecule has 0 aromatic heterocycles. The van der Waals surface area contributed by atoms with Crippen LogP contribution in [0.2, 0.25) is 0 Å². The van der Waals surface area contributed by atoms with Crippen LogP contribution in [0, 0.1) is 0 Å². The average molecular weight is 198 g/mol. The number of ether oxygens (including phenoxy) is 1. The summed E-state index contributed by atoms with van der Waals surface area (Å²) < 4.78 is 5.12. The maximum absolute atomic E-state index is 11.4. The molecule has 0 aliphatic carbocycles. The van der Waals surface area contributed by atoms with E-state index in [9.17, 15) is 4.79 Å². The van der Waals surface area contributed by atoms with Crippen molar-refractivity contribution in [3.8, 4) is 0 Å². The normalized spacial score (nSPS) is 20.8. The van der Waals surface area contributed by atoms with Crippen LogP contribution in [0.4, 0.5) is 4.79 Å². The highest BCUT2D eigenvalue weighted by Gasteiger charge is 2.34. The van der Waals surface area contributed by atoms with E-state index < -0.39 is 11.7 Å². The first-order chi connectivity index (χ1) is 6.44. The lowest BCUT2D eigenvalue weighted by Gasteiger charge is -2.38. The van der Waals surface area contributed by atoms with Gasteiger partial charge in [0.25, 0.3) is 0 Å². The molecular formula is C8H14N4O2. The van der Waals surface area contributed by atoms with E-state index in [0.717, 1.165) is 0 Å². The topological polar surface area (TPSA) is 78.3 Å². The van der Waals surface area contributed by atoms with Gasteiger partial charge in [-0.2, -0.15) is 0 Å². The summed E-state index contributed by atoms with van der Waals surface area (Å²) in [6.45, 7) is 5.99. The van der Waals surface area contributed by atoms with Crippen LogP contribution in [0.1, 0.15) is 27.2 Å². The SMILES string of the molecule is CC(C)(C)OC(=O)N1CC[C@H]1N=[N+]=[N-]. The van der Waals surface area contributed by atoms with Crippen molar-refractivity contribution in [2.75, 3.05) is 6.54 Å². The Labute approximate surface area is 82.5 Å². The van der Waals surface area contributed by atoms with Crippen LogP contribution in [-0.4, -0.2) is 29.3 Å². The zero-order chi connectivity index (χ0) is 10.8. The van der Waals surface area contributed by atoms with Crippen LogP contribution in [0.25, 0.3) is 10.4 Å². The molecule has 0 aromatic rings. The summed E-state index contributed by atoms with van der Waals surface area (Å²) in [6, 6.07) is 0. The number of azide groups is 1. The fourth-order valence-corrected chi connectivity index (χ4v) is 1.09. The van der Waals surface area contributed by atoms with E-state index in [4.69, 9.17) is 10.3 Å². The molecule has 0 saturated carbocycles. The third-order valence-electron chi connectivity index (χ3n) is 1.80. The Bertz CT molecular complexity index is 278. The lowest BCUT2D eigenvalue weighted by Crippen LogP contribution is -2.51. The van der Waals surface area contributed by atoms with E-state index in [0.29, 0.717) is 13.0 Å². The number of carbonyl (C=O) groups excluding carboxylic acids is 1. The minimum atomic E-state index is -0.506. The molecule has 1 aliphatic heterocycles. The molecule has 0 aromatic carbocycles. The Morgan fingerprint density at radius 2 is 2.29 bits per heavy atom. The number of carbonyl (C=O) groups is 1. The maximum atomic E-state index is 11.4. The van der Waals surface area contributed by atoms with Gasteiger partial charge in [0.1, 0.15) is 11.8 Å². The number of amides is 1. The minimum Gasteiger partial charge on any atom is -0.444 e. The summed E-state index contributed by atoms with van der Waals surface area (Å²) in [7, 11) is 0. The standard InChI is InChI=1S/C8H14N4O2/c1-8(2,3)14-7(13)12-5-4-6(12)10-11-9/h6H,4-5H2,1-3H3/t6-/m0/s1. The van der Waals surface area contributed by atoms with Crippen LogP contribution < -0.4 is 0 Å². The van der Waals surface area contributed by atoms with Crippen molar-refractivity contribution in [3.05, 3.63) is 10.4 Å². The molecule has 1 atom stereocenters. The first-order valence-electron chi connectivity index (χ1n) is 4.48. The van der Waals surface area contributed by atoms with Crippen molar-refractivity contribution in [2.24, 2.45) is 5.11 Å². The molecule has 1 rings (SSSR count). The van der Waals surface area contributed by atoms with Crippen LogP contribution >= 0.6 is 0 Å². The monoisotopic (exact) mass is 198 g/mol. The Hall–Kier alpha value is -1.42. The highest BCUT2D eigenvalue weighted by molar-refractivity contribution is 5.69. The Balaban J connectivity index is 2.50. The summed E-state index contributed by atoms with van der Waals surface area (Å²) in [5, 5.41) is 3.47. The zero-order valence-electron chi connectivity index (χ0n) is 8.60. The van der Waals surface area contributed by atoms with Crippen molar-refractivity contribution >= 4 is 6.09 Å². The second kappa shape index (κ2) is 3.75. The quantitative estimate of drug-likeness (QED) is 0.368. The second-order valence-corrected chi connectivity index (χ2v) is 4.15. The molecule has 0 radical (unpaired) electrons. The largest absolute Gasteiger partial charge is 0.444 e. The van der Waals surface area contributed by atoms with E-state index >= 15 is 0 Å². The zero-order valence-corrected chi connectivity index (χ0v) is 8.60. The molecule has 14 heavy (non-hydrogen) atoms. The molecule has 1 amide bonds. The van der Waals surface area contributed by atoms with Gasteiger partial charge in [0.15, 0.2) is 0 Å². The van der Waals surface area contributed by atoms with E-state index in [-0.39, 0.29) is 6.17 Å². The first kappa shape index (κ1) is 10.7. The van der Waals surface area contributed by atoms with Crippen LogP contribution in [0.15, 0.2) is 5.11 Å².